The van der Waals surface area contributed by atoms with Crippen LogP contribution in [0.1, 0.15) is 5.56 Å². The first-order chi connectivity index (χ1) is 12.2. The normalized spacial score (nSPS) is 14.6. The predicted octanol–water partition coefficient (Wildman–Crippen LogP) is 2.34. The number of amides is 1. The number of nitrogens with one attached hydrogen (secondary N) is 1. The molecule has 25 heavy (non-hydrogen) atoms. The number of hydrogen-bond acceptors (Lipinski definition) is 4. The predicted molar refractivity (Wildman–Crippen MR) is 98.7 cm³/mol. The zero-order valence-corrected chi connectivity index (χ0v) is 14.6. The van der Waals surface area contributed by atoms with Crippen molar-refractivity contribution in [1.82, 2.24) is 15.1 Å². The van der Waals surface area contributed by atoms with E-state index in [0.29, 0.717) is 13.1 Å². The van der Waals surface area contributed by atoms with Crippen LogP contribution < -0.4 is 10.1 Å². The van der Waals surface area contributed by atoms with Crippen LogP contribution >= 0.6 is 0 Å². The largest absolute Gasteiger partial charge is 0.457 e. The SMILES string of the molecule is CN(CC(=O)N1CCNCC1)Cc1cccc(Oc2ccccc2)c1. The maximum atomic E-state index is 12.3. The zero-order chi connectivity index (χ0) is 17.5. The first-order valence-electron chi connectivity index (χ1n) is 8.69. The van der Waals surface area contributed by atoms with E-state index in [2.05, 4.69) is 11.4 Å². The summed E-state index contributed by atoms with van der Waals surface area (Å²) in [4.78, 5) is 16.3. The Hall–Kier alpha value is -2.37. The van der Waals surface area contributed by atoms with Gasteiger partial charge in [0, 0.05) is 32.7 Å². The first kappa shape index (κ1) is 17.5. The molecule has 0 spiro atoms. The fourth-order valence-electron chi connectivity index (χ4n) is 2.94. The van der Waals surface area contributed by atoms with Crippen molar-refractivity contribution < 1.29 is 9.53 Å². The summed E-state index contributed by atoms with van der Waals surface area (Å²) in [6, 6.07) is 17.8. The highest BCUT2D eigenvalue weighted by Crippen LogP contribution is 2.22. The Morgan fingerprint density at radius 2 is 1.80 bits per heavy atom. The van der Waals surface area contributed by atoms with Crippen LogP contribution in [0.2, 0.25) is 0 Å². The van der Waals surface area contributed by atoms with Crippen molar-refractivity contribution in [3.05, 3.63) is 60.2 Å². The van der Waals surface area contributed by atoms with Gasteiger partial charge in [0.1, 0.15) is 11.5 Å². The minimum atomic E-state index is 0.195. The lowest BCUT2D eigenvalue weighted by molar-refractivity contribution is -0.132. The molecule has 2 aromatic carbocycles. The van der Waals surface area contributed by atoms with Crippen LogP contribution in [-0.2, 0) is 11.3 Å². The maximum absolute atomic E-state index is 12.3. The molecule has 1 aliphatic heterocycles. The van der Waals surface area contributed by atoms with Crippen molar-refractivity contribution in [2.45, 2.75) is 6.54 Å². The molecule has 0 saturated carbocycles. The van der Waals surface area contributed by atoms with Crippen molar-refractivity contribution >= 4 is 5.91 Å². The van der Waals surface area contributed by atoms with E-state index in [1.54, 1.807) is 0 Å². The monoisotopic (exact) mass is 339 g/mol. The zero-order valence-electron chi connectivity index (χ0n) is 14.6. The van der Waals surface area contributed by atoms with Crippen molar-refractivity contribution in [2.75, 3.05) is 39.8 Å². The van der Waals surface area contributed by atoms with Crippen molar-refractivity contribution in [3.8, 4) is 11.5 Å². The van der Waals surface area contributed by atoms with Crippen LogP contribution in [0.4, 0.5) is 0 Å². The molecular weight excluding hydrogens is 314 g/mol. The topological polar surface area (TPSA) is 44.8 Å². The summed E-state index contributed by atoms with van der Waals surface area (Å²) in [5.41, 5.74) is 1.13. The van der Waals surface area contributed by atoms with Gasteiger partial charge in [0.25, 0.3) is 0 Å². The van der Waals surface area contributed by atoms with Gasteiger partial charge in [0.05, 0.1) is 6.54 Å². The molecule has 1 amide bonds. The fourth-order valence-corrected chi connectivity index (χ4v) is 2.94. The second kappa shape index (κ2) is 8.65. The Bertz CT molecular complexity index is 684. The average Bonchev–Trinajstić information content (AvgIpc) is 2.63. The molecule has 0 unspecified atom stereocenters. The minimum Gasteiger partial charge on any atom is -0.457 e. The van der Waals surface area contributed by atoms with E-state index in [1.165, 1.54) is 0 Å². The Morgan fingerprint density at radius 1 is 1.08 bits per heavy atom. The van der Waals surface area contributed by atoms with E-state index in [-0.39, 0.29) is 5.91 Å². The third-order valence-electron chi connectivity index (χ3n) is 4.20. The van der Waals surface area contributed by atoms with Crippen molar-refractivity contribution in [1.29, 1.82) is 0 Å². The molecule has 1 saturated heterocycles. The molecule has 0 atom stereocenters. The van der Waals surface area contributed by atoms with E-state index in [0.717, 1.165) is 43.2 Å². The molecular formula is C20H25N3O2. The Labute approximate surface area is 149 Å². The van der Waals surface area contributed by atoms with Gasteiger partial charge in [0.15, 0.2) is 0 Å². The molecule has 0 radical (unpaired) electrons. The van der Waals surface area contributed by atoms with Crippen LogP contribution in [0, 0.1) is 0 Å². The maximum Gasteiger partial charge on any atom is 0.236 e. The second-order valence-electron chi connectivity index (χ2n) is 6.37. The number of rotatable bonds is 6. The summed E-state index contributed by atoms with van der Waals surface area (Å²) < 4.78 is 5.88. The molecule has 0 aliphatic carbocycles. The molecule has 3 rings (SSSR count). The molecule has 1 N–H and O–H groups in total. The molecule has 5 nitrogen and oxygen atoms in total. The molecule has 0 bridgehead atoms. The van der Waals surface area contributed by atoms with Gasteiger partial charge in [-0.3, -0.25) is 9.69 Å². The summed E-state index contributed by atoms with van der Waals surface area (Å²) in [6.07, 6.45) is 0. The minimum absolute atomic E-state index is 0.195. The lowest BCUT2D eigenvalue weighted by Gasteiger charge is -2.29. The van der Waals surface area contributed by atoms with Crippen LogP contribution in [0.3, 0.4) is 0 Å². The third kappa shape index (κ3) is 5.31. The van der Waals surface area contributed by atoms with Gasteiger partial charge in [-0.25, -0.2) is 0 Å². The lowest BCUT2D eigenvalue weighted by Crippen LogP contribution is -2.49. The van der Waals surface area contributed by atoms with Crippen LogP contribution in [0.25, 0.3) is 0 Å². The summed E-state index contributed by atoms with van der Waals surface area (Å²) in [7, 11) is 1.98. The average molecular weight is 339 g/mol. The molecule has 1 fully saturated rings. The van der Waals surface area contributed by atoms with Crippen LogP contribution in [0.15, 0.2) is 54.6 Å². The highest BCUT2D eigenvalue weighted by atomic mass is 16.5. The number of para-hydroxylation sites is 1. The fraction of sp³-hybridized carbons (Fsp3) is 0.350. The first-order valence-corrected chi connectivity index (χ1v) is 8.69. The van der Waals surface area contributed by atoms with Gasteiger partial charge < -0.3 is 15.0 Å². The summed E-state index contributed by atoms with van der Waals surface area (Å²) in [5.74, 6) is 1.83. The highest BCUT2D eigenvalue weighted by Gasteiger charge is 2.17. The molecule has 132 valence electrons. The Balaban J connectivity index is 1.55. The number of ether oxygens (including phenoxy) is 1. The number of piperazine rings is 1. The third-order valence-corrected chi connectivity index (χ3v) is 4.20. The van der Waals surface area contributed by atoms with Gasteiger partial charge in [-0.2, -0.15) is 0 Å². The Morgan fingerprint density at radius 3 is 2.56 bits per heavy atom. The summed E-state index contributed by atoms with van der Waals surface area (Å²) in [5, 5.41) is 3.27. The van der Waals surface area contributed by atoms with Crippen molar-refractivity contribution in [2.24, 2.45) is 0 Å². The molecule has 1 aliphatic rings. The summed E-state index contributed by atoms with van der Waals surface area (Å²) in [6.45, 7) is 4.51. The summed E-state index contributed by atoms with van der Waals surface area (Å²) >= 11 is 0. The number of carbonyl (C=O) groups is 1. The number of hydrogen-bond donors (Lipinski definition) is 1. The van der Waals surface area contributed by atoms with E-state index in [9.17, 15) is 4.79 Å². The van der Waals surface area contributed by atoms with Gasteiger partial charge in [-0.1, -0.05) is 30.3 Å². The van der Waals surface area contributed by atoms with E-state index in [4.69, 9.17) is 4.74 Å². The Kier molecular flexibility index (Phi) is 6.04. The van der Waals surface area contributed by atoms with E-state index < -0.39 is 0 Å². The quantitative estimate of drug-likeness (QED) is 0.877. The van der Waals surface area contributed by atoms with E-state index >= 15 is 0 Å². The number of likely N-dealkylation sites (N-methyl/N-ethyl adjacent to an activating group) is 1. The van der Waals surface area contributed by atoms with Gasteiger partial charge >= 0.3 is 0 Å². The van der Waals surface area contributed by atoms with Crippen molar-refractivity contribution in [3.63, 3.8) is 0 Å². The van der Waals surface area contributed by atoms with E-state index in [1.807, 2.05) is 65.4 Å². The number of benzene rings is 2. The molecule has 2 aromatic rings. The van der Waals surface area contributed by atoms with Gasteiger partial charge in [-0.15, -0.1) is 0 Å². The standard InChI is InChI=1S/C20H25N3O2/c1-22(16-20(24)23-12-10-21-11-13-23)15-17-6-5-9-19(14-17)25-18-7-3-2-4-8-18/h2-9,14,21H,10-13,15-16H2,1H3. The molecule has 5 heteroatoms. The molecule has 0 aromatic heterocycles. The van der Waals surface area contributed by atoms with Crippen LogP contribution in [0.5, 0.6) is 11.5 Å². The number of carbonyl (C=O) groups excluding carboxylic acids is 1. The lowest BCUT2D eigenvalue weighted by atomic mass is 10.2. The highest BCUT2D eigenvalue weighted by molar-refractivity contribution is 5.78. The van der Waals surface area contributed by atoms with Gasteiger partial charge in [0.2, 0.25) is 5.91 Å². The number of nitrogens with zero attached hydrogens (tertiary/aromatic N) is 2. The molecule has 1 heterocycles. The second-order valence-corrected chi connectivity index (χ2v) is 6.37. The van der Waals surface area contributed by atoms with Crippen LogP contribution in [-0.4, -0.2) is 55.5 Å². The van der Waals surface area contributed by atoms with Gasteiger partial charge in [-0.05, 0) is 36.9 Å². The smallest absolute Gasteiger partial charge is 0.236 e.